The molecule has 2 aromatic heterocycles. The van der Waals surface area contributed by atoms with Gasteiger partial charge in [0.1, 0.15) is 17.2 Å². The van der Waals surface area contributed by atoms with Crippen LogP contribution < -0.4 is 5.32 Å². The Bertz CT molecular complexity index is 665. The maximum atomic E-state index is 12.5. The van der Waals surface area contributed by atoms with Gasteiger partial charge in [-0.15, -0.1) is 0 Å². The molecule has 9 heteroatoms. The summed E-state index contributed by atoms with van der Waals surface area (Å²) in [5.74, 6) is -0.573. The van der Waals surface area contributed by atoms with E-state index in [0.717, 1.165) is 12.3 Å². The maximum absolute atomic E-state index is 12.5. The molecule has 0 bridgehead atoms. The molecule has 112 valence electrons. The quantitative estimate of drug-likeness (QED) is 0.931. The van der Waals surface area contributed by atoms with Crippen LogP contribution >= 0.6 is 0 Å². The van der Waals surface area contributed by atoms with Crippen molar-refractivity contribution in [2.45, 2.75) is 19.6 Å². The SMILES string of the molecule is Cc1cc(C(=O)NCc2nccc(C(F)(F)F)n2)n(C)n1. The van der Waals surface area contributed by atoms with Crippen LogP contribution in [0.4, 0.5) is 13.2 Å². The first-order valence-corrected chi connectivity index (χ1v) is 5.95. The summed E-state index contributed by atoms with van der Waals surface area (Å²) in [6.45, 7) is 1.53. The Labute approximate surface area is 118 Å². The zero-order valence-corrected chi connectivity index (χ0v) is 11.3. The second-order valence-corrected chi connectivity index (χ2v) is 4.33. The Morgan fingerprint density at radius 1 is 1.43 bits per heavy atom. The minimum absolute atomic E-state index is 0.114. The lowest BCUT2D eigenvalue weighted by molar-refractivity contribution is -0.141. The van der Waals surface area contributed by atoms with Gasteiger partial charge in [0.05, 0.1) is 12.2 Å². The molecule has 0 spiro atoms. The van der Waals surface area contributed by atoms with Crippen molar-refractivity contribution in [2.24, 2.45) is 7.05 Å². The number of halogens is 3. The van der Waals surface area contributed by atoms with Gasteiger partial charge in [0.2, 0.25) is 0 Å². The zero-order chi connectivity index (χ0) is 15.6. The standard InChI is InChI=1S/C12H12F3N5O/c1-7-5-8(20(2)19-7)11(21)17-6-10-16-4-3-9(18-10)12(13,14)15/h3-5H,6H2,1-2H3,(H,17,21). The van der Waals surface area contributed by atoms with E-state index in [-0.39, 0.29) is 12.4 Å². The summed E-state index contributed by atoms with van der Waals surface area (Å²) in [4.78, 5) is 18.9. The second kappa shape index (κ2) is 5.51. The predicted molar refractivity (Wildman–Crippen MR) is 66.1 cm³/mol. The summed E-state index contributed by atoms with van der Waals surface area (Å²) in [7, 11) is 1.60. The van der Waals surface area contributed by atoms with Crippen LogP contribution in [-0.4, -0.2) is 25.7 Å². The number of carbonyl (C=O) groups is 1. The smallest absolute Gasteiger partial charge is 0.343 e. The number of hydrogen-bond donors (Lipinski definition) is 1. The highest BCUT2D eigenvalue weighted by Crippen LogP contribution is 2.26. The predicted octanol–water partition coefficient (Wildman–Crippen LogP) is 1.47. The van der Waals surface area contributed by atoms with Gasteiger partial charge >= 0.3 is 6.18 Å². The molecule has 2 rings (SSSR count). The molecular weight excluding hydrogens is 287 g/mol. The fraction of sp³-hybridized carbons (Fsp3) is 0.333. The van der Waals surface area contributed by atoms with Crippen LogP contribution in [0.2, 0.25) is 0 Å². The van der Waals surface area contributed by atoms with Crippen LogP contribution in [0.25, 0.3) is 0 Å². The molecule has 21 heavy (non-hydrogen) atoms. The molecule has 0 aliphatic heterocycles. The van der Waals surface area contributed by atoms with Gasteiger partial charge in [-0.2, -0.15) is 18.3 Å². The lowest BCUT2D eigenvalue weighted by Gasteiger charge is -2.08. The summed E-state index contributed by atoms with van der Waals surface area (Å²) in [6, 6.07) is 2.35. The van der Waals surface area contributed by atoms with Gasteiger partial charge < -0.3 is 5.32 Å². The lowest BCUT2D eigenvalue weighted by atomic mass is 10.3. The van der Waals surface area contributed by atoms with E-state index in [0.29, 0.717) is 11.4 Å². The third kappa shape index (κ3) is 3.56. The first kappa shape index (κ1) is 14.9. The highest BCUT2D eigenvalue weighted by molar-refractivity contribution is 5.92. The number of nitrogens with zero attached hydrogens (tertiary/aromatic N) is 4. The third-order valence-electron chi connectivity index (χ3n) is 2.64. The van der Waals surface area contributed by atoms with Gasteiger partial charge in [-0.25, -0.2) is 9.97 Å². The van der Waals surface area contributed by atoms with Crippen molar-refractivity contribution in [2.75, 3.05) is 0 Å². The molecular formula is C12H12F3N5O. The Kier molecular flexibility index (Phi) is 3.92. The van der Waals surface area contributed by atoms with Crippen molar-refractivity contribution in [3.05, 3.63) is 41.2 Å². The molecule has 0 unspecified atom stereocenters. The second-order valence-electron chi connectivity index (χ2n) is 4.33. The maximum Gasteiger partial charge on any atom is 0.433 e. The van der Waals surface area contributed by atoms with Gasteiger partial charge in [-0.1, -0.05) is 0 Å². The van der Waals surface area contributed by atoms with E-state index >= 15 is 0 Å². The van der Waals surface area contributed by atoms with Crippen LogP contribution in [0.5, 0.6) is 0 Å². The molecule has 0 atom stereocenters. The van der Waals surface area contributed by atoms with Crippen molar-refractivity contribution in [3.8, 4) is 0 Å². The van der Waals surface area contributed by atoms with E-state index in [1.165, 1.54) is 4.68 Å². The average molecular weight is 299 g/mol. The summed E-state index contributed by atoms with van der Waals surface area (Å²) in [5.41, 5.74) is -0.0735. The third-order valence-corrected chi connectivity index (χ3v) is 2.64. The van der Waals surface area contributed by atoms with Crippen LogP contribution in [0.3, 0.4) is 0 Å². The fourth-order valence-electron chi connectivity index (χ4n) is 1.72. The molecule has 2 heterocycles. The molecule has 0 aliphatic carbocycles. The van der Waals surface area contributed by atoms with Crippen molar-refractivity contribution < 1.29 is 18.0 Å². The monoisotopic (exact) mass is 299 g/mol. The van der Waals surface area contributed by atoms with Gasteiger partial charge in [0.15, 0.2) is 0 Å². The highest BCUT2D eigenvalue weighted by Gasteiger charge is 2.32. The number of hydrogen-bond acceptors (Lipinski definition) is 4. The topological polar surface area (TPSA) is 72.7 Å². The first-order valence-electron chi connectivity index (χ1n) is 5.95. The largest absolute Gasteiger partial charge is 0.433 e. The van der Waals surface area contributed by atoms with Crippen LogP contribution in [0.15, 0.2) is 18.3 Å². The number of alkyl halides is 3. The molecule has 0 saturated heterocycles. The molecule has 0 fully saturated rings. The molecule has 1 N–H and O–H groups in total. The minimum atomic E-state index is -4.54. The van der Waals surface area contributed by atoms with Crippen molar-refractivity contribution in [1.82, 2.24) is 25.1 Å². The number of rotatable bonds is 3. The number of nitrogens with one attached hydrogen (secondary N) is 1. The zero-order valence-electron chi connectivity index (χ0n) is 11.3. The molecule has 0 aromatic carbocycles. The van der Waals surface area contributed by atoms with Crippen LogP contribution in [0.1, 0.15) is 27.7 Å². The molecule has 1 amide bonds. The fourth-order valence-corrected chi connectivity index (χ4v) is 1.72. The minimum Gasteiger partial charge on any atom is -0.343 e. The summed E-state index contributed by atoms with van der Waals surface area (Å²) < 4.78 is 38.9. The number of amides is 1. The van der Waals surface area contributed by atoms with Gasteiger partial charge in [-0.05, 0) is 19.1 Å². The molecule has 0 radical (unpaired) electrons. The van der Waals surface area contributed by atoms with Crippen molar-refractivity contribution in [3.63, 3.8) is 0 Å². The normalized spacial score (nSPS) is 11.5. The Balaban J connectivity index is 2.07. The van der Waals surface area contributed by atoms with E-state index < -0.39 is 17.8 Å². The average Bonchev–Trinajstić information content (AvgIpc) is 2.74. The molecule has 0 aliphatic rings. The lowest BCUT2D eigenvalue weighted by Crippen LogP contribution is -2.26. The van der Waals surface area contributed by atoms with E-state index in [1.807, 2.05) is 0 Å². The Morgan fingerprint density at radius 2 is 2.14 bits per heavy atom. The number of aromatic nitrogens is 4. The molecule has 2 aromatic rings. The van der Waals surface area contributed by atoms with Crippen LogP contribution in [0, 0.1) is 6.92 Å². The van der Waals surface area contributed by atoms with Gasteiger partial charge in [0, 0.05) is 13.2 Å². The van der Waals surface area contributed by atoms with Crippen LogP contribution in [-0.2, 0) is 19.8 Å². The summed E-state index contributed by atoms with van der Waals surface area (Å²) >= 11 is 0. The first-order chi connectivity index (χ1) is 9.77. The van der Waals surface area contributed by atoms with E-state index in [1.54, 1.807) is 20.0 Å². The number of aryl methyl sites for hydroxylation is 2. The van der Waals surface area contributed by atoms with Crippen molar-refractivity contribution >= 4 is 5.91 Å². The van der Waals surface area contributed by atoms with Crippen molar-refractivity contribution in [1.29, 1.82) is 0 Å². The highest BCUT2D eigenvalue weighted by atomic mass is 19.4. The summed E-state index contributed by atoms with van der Waals surface area (Å²) in [5, 5.41) is 6.47. The van der Waals surface area contributed by atoms with E-state index in [9.17, 15) is 18.0 Å². The Hall–Kier alpha value is -2.45. The molecule has 0 saturated carbocycles. The van der Waals surface area contributed by atoms with Gasteiger partial charge in [0.25, 0.3) is 5.91 Å². The summed E-state index contributed by atoms with van der Waals surface area (Å²) in [6.07, 6.45) is -3.54. The number of carbonyl (C=O) groups excluding carboxylic acids is 1. The Morgan fingerprint density at radius 3 is 2.71 bits per heavy atom. The molecule has 6 nitrogen and oxygen atoms in total. The van der Waals surface area contributed by atoms with E-state index in [4.69, 9.17) is 0 Å². The van der Waals surface area contributed by atoms with E-state index in [2.05, 4.69) is 20.4 Å². The van der Waals surface area contributed by atoms with Gasteiger partial charge in [-0.3, -0.25) is 9.48 Å².